The maximum absolute atomic E-state index is 12.2. The van der Waals surface area contributed by atoms with Gasteiger partial charge in [0.15, 0.2) is 0 Å². The third-order valence-corrected chi connectivity index (χ3v) is 5.44. The minimum Gasteiger partial charge on any atom is -0.492 e. The molecule has 1 aliphatic heterocycles. The fraction of sp³-hybridized carbons (Fsp3) is 0.400. The molecule has 1 aromatic heterocycles. The van der Waals surface area contributed by atoms with Gasteiger partial charge in [0.05, 0.1) is 6.54 Å². The van der Waals surface area contributed by atoms with E-state index in [-0.39, 0.29) is 11.7 Å². The molecule has 42 heavy (non-hydrogen) atoms. The van der Waals surface area contributed by atoms with E-state index in [2.05, 4.69) is 15.2 Å². The first-order chi connectivity index (χ1) is 19.5. The number of amides is 1. The molecule has 0 spiro atoms. The highest BCUT2D eigenvalue weighted by molar-refractivity contribution is 5.95. The van der Waals surface area contributed by atoms with Crippen molar-refractivity contribution in [2.45, 2.75) is 31.6 Å². The molecule has 232 valence electrons. The van der Waals surface area contributed by atoms with Crippen LogP contribution in [-0.2, 0) is 14.4 Å². The number of nitrogen functional groups attached to an aromatic ring is 1. The molecule has 3 rings (SSSR count). The zero-order valence-electron chi connectivity index (χ0n) is 21.9. The summed E-state index contributed by atoms with van der Waals surface area (Å²) in [5, 5.41) is 24.6. The van der Waals surface area contributed by atoms with Crippen LogP contribution in [-0.4, -0.2) is 77.5 Å². The smallest absolute Gasteiger partial charge is 0.490 e. The van der Waals surface area contributed by atoms with Crippen molar-refractivity contribution in [1.29, 1.82) is 5.41 Å². The first-order valence-electron chi connectivity index (χ1n) is 12.1. The van der Waals surface area contributed by atoms with Crippen molar-refractivity contribution in [1.82, 2.24) is 10.3 Å². The number of benzene rings is 1. The van der Waals surface area contributed by atoms with Gasteiger partial charge >= 0.3 is 24.3 Å². The number of nitrogens with two attached hydrogens (primary N) is 1. The molecule has 0 bridgehead atoms. The molecule has 6 N–H and O–H groups in total. The van der Waals surface area contributed by atoms with Gasteiger partial charge in [0.25, 0.3) is 0 Å². The number of carbonyl (C=O) groups excluding carboxylic acids is 1. The van der Waals surface area contributed by atoms with E-state index in [0.29, 0.717) is 36.8 Å². The van der Waals surface area contributed by atoms with Crippen LogP contribution in [0.2, 0.25) is 0 Å². The Morgan fingerprint density at radius 1 is 1.00 bits per heavy atom. The Morgan fingerprint density at radius 3 is 2.00 bits per heavy atom. The Balaban J connectivity index is 0.000000522. The molecule has 1 fully saturated rings. The average Bonchev–Trinajstić information content (AvgIpc) is 2.92. The van der Waals surface area contributed by atoms with Crippen LogP contribution in [0.5, 0.6) is 5.75 Å². The Labute approximate surface area is 235 Å². The third-order valence-electron chi connectivity index (χ3n) is 5.44. The highest BCUT2D eigenvalue weighted by Crippen LogP contribution is 2.24. The van der Waals surface area contributed by atoms with E-state index in [4.69, 9.17) is 35.7 Å². The zero-order valence-corrected chi connectivity index (χ0v) is 21.9. The number of carboxylic acid groups (broad SMARTS) is 2. The Hall–Kier alpha value is -4.57. The van der Waals surface area contributed by atoms with Crippen LogP contribution in [0.1, 0.15) is 24.8 Å². The SMILES string of the molecule is N=C(N)c1cccc(OCCNC(=O)CC2CCN(c3ccncc3)CC2)c1.O=C(O)C(F)(F)F.O=C(O)C(F)(F)F. The van der Waals surface area contributed by atoms with Crippen LogP contribution >= 0.6 is 0 Å². The van der Waals surface area contributed by atoms with Gasteiger partial charge in [-0.25, -0.2) is 9.59 Å². The van der Waals surface area contributed by atoms with E-state index in [1.165, 1.54) is 5.69 Å². The molecule has 1 saturated heterocycles. The number of ether oxygens (including phenoxy) is 1. The van der Waals surface area contributed by atoms with Crippen LogP contribution < -0.4 is 20.7 Å². The lowest BCUT2D eigenvalue weighted by atomic mass is 9.93. The molecule has 1 aromatic carbocycles. The van der Waals surface area contributed by atoms with Crippen molar-refractivity contribution < 1.29 is 55.7 Å². The minimum atomic E-state index is -5.08. The number of aromatic nitrogens is 1. The lowest BCUT2D eigenvalue weighted by Gasteiger charge is -2.33. The van der Waals surface area contributed by atoms with Gasteiger partial charge in [-0.15, -0.1) is 0 Å². The summed E-state index contributed by atoms with van der Waals surface area (Å²) in [5.74, 6) is -4.37. The summed E-state index contributed by atoms with van der Waals surface area (Å²) in [6.07, 6.45) is -3.95. The number of halogens is 6. The summed E-state index contributed by atoms with van der Waals surface area (Å²) in [5.41, 5.74) is 7.30. The molecule has 1 aliphatic rings. The van der Waals surface area contributed by atoms with Gasteiger partial charge < -0.3 is 30.9 Å². The Morgan fingerprint density at radius 2 is 1.52 bits per heavy atom. The first-order valence-corrected chi connectivity index (χ1v) is 12.1. The van der Waals surface area contributed by atoms with Crippen LogP contribution in [0.3, 0.4) is 0 Å². The summed E-state index contributed by atoms with van der Waals surface area (Å²) in [7, 11) is 0. The van der Waals surface area contributed by atoms with E-state index in [1.807, 2.05) is 30.6 Å². The second-order valence-electron chi connectivity index (χ2n) is 8.59. The van der Waals surface area contributed by atoms with Crippen molar-refractivity contribution in [2.75, 3.05) is 31.1 Å². The summed E-state index contributed by atoms with van der Waals surface area (Å²) in [4.78, 5) is 36.4. The fourth-order valence-electron chi connectivity index (χ4n) is 3.40. The topological polar surface area (TPSA) is 179 Å². The molecule has 0 aliphatic carbocycles. The number of piperidine rings is 1. The molecule has 0 saturated carbocycles. The molecule has 2 heterocycles. The number of aliphatic carboxylic acids is 2. The Bertz CT molecular complexity index is 1150. The number of hydrogen-bond donors (Lipinski definition) is 5. The van der Waals surface area contributed by atoms with E-state index in [1.54, 1.807) is 18.2 Å². The quantitative estimate of drug-likeness (QED) is 0.130. The predicted octanol–water partition coefficient (Wildman–Crippen LogP) is 3.43. The zero-order chi connectivity index (χ0) is 31.9. The Kier molecular flexibility index (Phi) is 14.0. The second-order valence-corrected chi connectivity index (χ2v) is 8.59. The standard InChI is InChI=1S/C21H27N5O2.2C2HF3O2/c22-21(23)17-2-1-3-19(15-17)28-13-10-25-20(27)14-16-6-11-26(12-7-16)18-4-8-24-9-5-18;2*3-2(4,5)1(6)7/h1-5,8-9,15-16H,6-7,10-14H2,(H3,22,23)(H,25,27);2*(H,6,7). The van der Waals surface area contributed by atoms with Crippen molar-refractivity contribution in [3.8, 4) is 5.75 Å². The molecule has 2 aromatic rings. The predicted molar refractivity (Wildman–Crippen MR) is 137 cm³/mol. The normalized spacial score (nSPS) is 13.4. The maximum atomic E-state index is 12.2. The summed E-state index contributed by atoms with van der Waals surface area (Å²) in [6.45, 7) is 2.78. The first kappa shape index (κ1) is 35.5. The highest BCUT2D eigenvalue weighted by atomic mass is 19.4. The van der Waals surface area contributed by atoms with Crippen molar-refractivity contribution in [3.63, 3.8) is 0 Å². The minimum absolute atomic E-state index is 0.00808. The molecular weight excluding hydrogens is 580 g/mol. The molecule has 0 atom stereocenters. The number of anilines is 1. The van der Waals surface area contributed by atoms with Crippen molar-refractivity contribution in [3.05, 3.63) is 54.4 Å². The molecule has 17 heteroatoms. The number of carbonyl (C=O) groups is 3. The molecular formula is C25H29F6N5O6. The lowest BCUT2D eigenvalue weighted by Crippen LogP contribution is -2.36. The van der Waals surface area contributed by atoms with Gasteiger partial charge in [0.2, 0.25) is 5.91 Å². The van der Waals surface area contributed by atoms with E-state index in [9.17, 15) is 31.1 Å². The van der Waals surface area contributed by atoms with E-state index in [0.717, 1.165) is 25.9 Å². The maximum Gasteiger partial charge on any atom is 0.490 e. The van der Waals surface area contributed by atoms with Crippen molar-refractivity contribution in [2.24, 2.45) is 11.7 Å². The van der Waals surface area contributed by atoms with Crippen molar-refractivity contribution >= 4 is 29.4 Å². The van der Waals surface area contributed by atoms with Gasteiger partial charge in [-0.1, -0.05) is 12.1 Å². The van der Waals surface area contributed by atoms with E-state index < -0.39 is 24.3 Å². The molecule has 11 nitrogen and oxygen atoms in total. The largest absolute Gasteiger partial charge is 0.492 e. The number of carboxylic acids is 2. The van der Waals surface area contributed by atoms with Crippen LogP contribution in [0.15, 0.2) is 48.8 Å². The lowest BCUT2D eigenvalue weighted by molar-refractivity contribution is -0.193. The third kappa shape index (κ3) is 14.2. The number of alkyl halides is 6. The number of amidine groups is 1. The van der Waals surface area contributed by atoms with Crippen LogP contribution in [0.25, 0.3) is 0 Å². The van der Waals surface area contributed by atoms with Crippen LogP contribution in [0, 0.1) is 11.3 Å². The molecule has 1 amide bonds. The van der Waals surface area contributed by atoms with Gasteiger partial charge in [-0.3, -0.25) is 15.2 Å². The number of nitrogens with zero attached hydrogens (tertiary/aromatic N) is 2. The summed E-state index contributed by atoms with van der Waals surface area (Å²) >= 11 is 0. The second kappa shape index (κ2) is 16.6. The summed E-state index contributed by atoms with van der Waals surface area (Å²) in [6, 6.07) is 11.1. The average molecular weight is 610 g/mol. The fourth-order valence-corrected chi connectivity index (χ4v) is 3.40. The van der Waals surface area contributed by atoms with Gasteiger partial charge in [-0.05, 0) is 43.0 Å². The van der Waals surface area contributed by atoms with Crippen LogP contribution in [0.4, 0.5) is 32.0 Å². The number of pyridine rings is 1. The number of nitrogens with one attached hydrogen (secondary N) is 2. The molecule has 0 unspecified atom stereocenters. The van der Waals surface area contributed by atoms with Gasteiger partial charge in [0.1, 0.15) is 18.2 Å². The molecule has 0 radical (unpaired) electrons. The van der Waals surface area contributed by atoms with Gasteiger partial charge in [0, 0.05) is 43.2 Å². The summed E-state index contributed by atoms with van der Waals surface area (Å²) < 4.78 is 69.1. The number of rotatable bonds is 8. The highest BCUT2D eigenvalue weighted by Gasteiger charge is 2.38. The monoisotopic (exact) mass is 609 g/mol. The van der Waals surface area contributed by atoms with Gasteiger partial charge in [-0.2, -0.15) is 26.3 Å². The van der Waals surface area contributed by atoms with E-state index >= 15 is 0 Å². The number of hydrogen-bond acceptors (Lipinski definition) is 7.